The van der Waals surface area contributed by atoms with Crippen molar-refractivity contribution >= 4 is 33.4 Å². The number of thiocarbonyl (C=S) groups is 1. The second-order valence-corrected chi connectivity index (χ2v) is 8.92. The van der Waals surface area contributed by atoms with Crippen LogP contribution in [0.4, 0.5) is 0 Å². The minimum absolute atomic E-state index is 0.0794. The molecule has 25 heavy (non-hydrogen) atoms. The molecule has 1 fully saturated rings. The fourth-order valence-electron chi connectivity index (χ4n) is 2.89. The van der Waals surface area contributed by atoms with Gasteiger partial charge in [0.05, 0.1) is 36.1 Å². The van der Waals surface area contributed by atoms with E-state index in [0.717, 1.165) is 17.0 Å². The lowest BCUT2D eigenvalue weighted by atomic mass is 10.2. The minimum atomic E-state index is -2.95. The van der Waals surface area contributed by atoms with Gasteiger partial charge in [-0.05, 0) is 39.4 Å². The third kappa shape index (κ3) is 5.23. The number of rotatable bonds is 6. The summed E-state index contributed by atoms with van der Waals surface area (Å²) in [4.78, 5) is 0. The maximum Gasteiger partial charge on any atom is 0.187 e. The fraction of sp³-hybridized carbons (Fsp3) is 0.667. The summed E-state index contributed by atoms with van der Waals surface area (Å²) in [6, 6.07) is -0.0211. The molecule has 1 aliphatic rings. The van der Waals surface area contributed by atoms with E-state index in [0.29, 0.717) is 18.1 Å². The SMILES string of the molecule is COC[C@@H](C)NC(=S)N/N=C\c1c(C)nn([C@@H]2CCS(=O)(=O)C2)c1C. The molecule has 2 rings (SSSR count). The third-order valence-corrected chi connectivity index (χ3v) is 6.05. The van der Waals surface area contributed by atoms with E-state index in [4.69, 9.17) is 17.0 Å². The van der Waals surface area contributed by atoms with Gasteiger partial charge in [0, 0.05) is 24.4 Å². The van der Waals surface area contributed by atoms with Crippen molar-refractivity contribution in [2.24, 2.45) is 5.10 Å². The lowest BCUT2D eigenvalue weighted by molar-refractivity contribution is 0.179. The quantitative estimate of drug-likeness (QED) is 0.421. The van der Waals surface area contributed by atoms with Crippen molar-refractivity contribution in [2.75, 3.05) is 25.2 Å². The molecule has 1 aromatic rings. The highest BCUT2D eigenvalue weighted by Gasteiger charge is 2.31. The molecule has 0 aromatic carbocycles. The maximum absolute atomic E-state index is 11.7. The van der Waals surface area contributed by atoms with E-state index in [1.54, 1.807) is 18.0 Å². The van der Waals surface area contributed by atoms with E-state index in [2.05, 4.69) is 20.9 Å². The summed E-state index contributed by atoms with van der Waals surface area (Å²) in [7, 11) is -1.32. The van der Waals surface area contributed by atoms with Crippen molar-refractivity contribution in [3.8, 4) is 0 Å². The van der Waals surface area contributed by atoms with Gasteiger partial charge in [-0.25, -0.2) is 8.42 Å². The number of ether oxygens (including phenoxy) is 1. The molecule has 10 heteroatoms. The number of aromatic nitrogens is 2. The number of methoxy groups -OCH3 is 1. The maximum atomic E-state index is 11.7. The van der Waals surface area contributed by atoms with Crippen LogP contribution >= 0.6 is 12.2 Å². The molecule has 0 bridgehead atoms. The Morgan fingerprint density at radius 1 is 1.56 bits per heavy atom. The van der Waals surface area contributed by atoms with Crippen molar-refractivity contribution in [3.05, 3.63) is 17.0 Å². The molecular formula is C15H25N5O3S2. The van der Waals surface area contributed by atoms with Gasteiger partial charge in [-0.3, -0.25) is 10.1 Å². The number of nitrogens with one attached hydrogen (secondary N) is 2. The monoisotopic (exact) mass is 387 g/mol. The lowest BCUT2D eigenvalue weighted by Gasteiger charge is -2.13. The second kappa shape index (κ2) is 8.24. The summed E-state index contributed by atoms with van der Waals surface area (Å²) in [5.41, 5.74) is 5.34. The standard InChI is InChI=1S/C15H25N5O3S2/c1-10(8-23-4)17-15(24)18-16-7-14-11(2)19-20(12(14)3)13-5-6-25(21,22)9-13/h7,10,13H,5-6,8-9H2,1-4H3,(H2,17,18,24)/b16-7-/t10-,13-/m1/s1. The Bertz CT molecular complexity index is 757. The van der Waals surface area contributed by atoms with Gasteiger partial charge in [0.15, 0.2) is 14.9 Å². The Balaban J connectivity index is 2.02. The van der Waals surface area contributed by atoms with Crippen LogP contribution in [-0.4, -0.2) is 60.8 Å². The molecule has 8 nitrogen and oxygen atoms in total. The molecule has 1 aromatic heterocycles. The molecule has 0 saturated carbocycles. The normalized spacial score (nSPS) is 20.7. The summed E-state index contributed by atoms with van der Waals surface area (Å²) in [5, 5.41) is 12.1. The van der Waals surface area contributed by atoms with E-state index < -0.39 is 9.84 Å². The molecular weight excluding hydrogens is 362 g/mol. The number of hydrogen-bond acceptors (Lipinski definition) is 6. The van der Waals surface area contributed by atoms with Gasteiger partial charge < -0.3 is 10.1 Å². The lowest BCUT2D eigenvalue weighted by Crippen LogP contribution is -2.40. The molecule has 2 heterocycles. The summed E-state index contributed by atoms with van der Waals surface area (Å²) in [6.07, 6.45) is 2.26. The van der Waals surface area contributed by atoms with Crippen LogP contribution < -0.4 is 10.7 Å². The van der Waals surface area contributed by atoms with E-state index in [1.165, 1.54) is 0 Å². The van der Waals surface area contributed by atoms with Crippen molar-refractivity contribution in [1.29, 1.82) is 0 Å². The first-order chi connectivity index (χ1) is 11.7. The summed E-state index contributed by atoms with van der Waals surface area (Å²) >= 11 is 5.16. The van der Waals surface area contributed by atoms with Gasteiger partial charge in [-0.1, -0.05) is 0 Å². The summed E-state index contributed by atoms with van der Waals surface area (Å²) in [6.45, 7) is 6.30. The van der Waals surface area contributed by atoms with Crippen molar-refractivity contribution < 1.29 is 13.2 Å². The zero-order chi connectivity index (χ0) is 18.6. The first kappa shape index (κ1) is 19.8. The number of sulfone groups is 1. The largest absolute Gasteiger partial charge is 0.383 e. The molecule has 0 radical (unpaired) electrons. The van der Waals surface area contributed by atoms with Gasteiger partial charge in [0.25, 0.3) is 0 Å². The van der Waals surface area contributed by atoms with E-state index in [9.17, 15) is 8.42 Å². The third-order valence-electron chi connectivity index (χ3n) is 4.09. The first-order valence-electron chi connectivity index (χ1n) is 8.08. The van der Waals surface area contributed by atoms with E-state index >= 15 is 0 Å². The average molecular weight is 388 g/mol. The smallest absolute Gasteiger partial charge is 0.187 e. The molecule has 0 amide bonds. The molecule has 1 saturated heterocycles. The topological polar surface area (TPSA) is 97.6 Å². The Labute approximate surface area is 153 Å². The van der Waals surface area contributed by atoms with Crippen LogP contribution in [0.3, 0.4) is 0 Å². The van der Waals surface area contributed by atoms with Crippen LogP contribution in [0, 0.1) is 13.8 Å². The van der Waals surface area contributed by atoms with Crippen LogP contribution in [0.5, 0.6) is 0 Å². The van der Waals surface area contributed by atoms with Crippen LogP contribution in [0.25, 0.3) is 0 Å². The molecule has 140 valence electrons. The predicted molar refractivity (Wildman–Crippen MR) is 102 cm³/mol. The fourth-order valence-corrected chi connectivity index (χ4v) is 4.84. The summed E-state index contributed by atoms with van der Waals surface area (Å²) < 4.78 is 30.2. The van der Waals surface area contributed by atoms with Crippen LogP contribution in [0.15, 0.2) is 5.10 Å². The average Bonchev–Trinajstić information content (AvgIpc) is 3.00. The minimum Gasteiger partial charge on any atom is -0.383 e. The Hall–Kier alpha value is -1.52. The predicted octanol–water partition coefficient (Wildman–Crippen LogP) is 0.692. The van der Waals surface area contributed by atoms with Crippen LogP contribution in [0.1, 0.15) is 36.3 Å². The highest BCUT2D eigenvalue weighted by Crippen LogP contribution is 2.26. The summed E-state index contributed by atoms with van der Waals surface area (Å²) in [5.74, 6) is 0.371. The molecule has 0 spiro atoms. The number of aryl methyl sites for hydroxylation is 1. The Morgan fingerprint density at radius 2 is 2.28 bits per heavy atom. The van der Waals surface area contributed by atoms with Crippen molar-refractivity contribution in [1.82, 2.24) is 20.5 Å². The number of hydrazone groups is 1. The van der Waals surface area contributed by atoms with E-state index in [-0.39, 0.29) is 23.6 Å². The van der Waals surface area contributed by atoms with Crippen LogP contribution in [0.2, 0.25) is 0 Å². The molecule has 0 aliphatic carbocycles. The number of nitrogens with zero attached hydrogens (tertiary/aromatic N) is 3. The molecule has 0 unspecified atom stereocenters. The van der Waals surface area contributed by atoms with Gasteiger partial charge >= 0.3 is 0 Å². The van der Waals surface area contributed by atoms with Crippen LogP contribution in [-0.2, 0) is 14.6 Å². The highest BCUT2D eigenvalue weighted by atomic mass is 32.2. The Morgan fingerprint density at radius 3 is 2.88 bits per heavy atom. The zero-order valence-electron chi connectivity index (χ0n) is 14.9. The molecule has 1 aliphatic heterocycles. The zero-order valence-corrected chi connectivity index (χ0v) is 16.6. The van der Waals surface area contributed by atoms with Crippen molar-refractivity contribution in [3.63, 3.8) is 0 Å². The number of hydrogen-bond donors (Lipinski definition) is 2. The first-order valence-corrected chi connectivity index (χ1v) is 10.3. The van der Waals surface area contributed by atoms with E-state index in [1.807, 2.05) is 20.8 Å². The Kier molecular flexibility index (Phi) is 6.53. The van der Waals surface area contributed by atoms with Gasteiger partial charge in [0.1, 0.15) is 0 Å². The van der Waals surface area contributed by atoms with Gasteiger partial charge in [-0.15, -0.1) is 0 Å². The molecule has 2 atom stereocenters. The molecule has 2 N–H and O–H groups in total. The van der Waals surface area contributed by atoms with Gasteiger partial charge in [0.2, 0.25) is 0 Å². The highest BCUT2D eigenvalue weighted by molar-refractivity contribution is 7.91. The second-order valence-electron chi connectivity index (χ2n) is 6.29. The van der Waals surface area contributed by atoms with Gasteiger partial charge in [-0.2, -0.15) is 10.2 Å². The van der Waals surface area contributed by atoms with Crippen molar-refractivity contribution in [2.45, 2.75) is 39.3 Å².